The summed E-state index contributed by atoms with van der Waals surface area (Å²) in [5.74, 6) is -0.243. The molecule has 4 heterocycles. The number of benzene rings is 2. The second-order valence-electron chi connectivity index (χ2n) is 8.91. The molecule has 0 fully saturated rings. The molecule has 0 N–H and O–H groups in total. The van der Waals surface area contributed by atoms with Crippen LogP contribution in [0.25, 0.3) is 33.5 Å². The number of rotatable bonds is 5. The van der Waals surface area contributed by atoms with Gasteiger partial charge in [0.15, 0.2) is 17.1 Å². The molecule has 9 nitrogen and oxygen atoms in total. The van der Waals surface area contributed by atoms with Crippen LogP contribution in [-0.2, 0) is 4.74 Å². The molecule has 1 atom stereocenters. The van der Waals surface area contributed by atoms with Crippen molar-refractivity contribution in [3.05, 3.63) is 100 Å². The summed E-state index contributed by atoms with van der Waals surface area (Å²) in [6.07, 6.45) is 5.52. The van der Waals surface area contributed by atoms with Gasteiger partial charge >= 0.3 is 11.7 Å². The Morgan fingerprint density at radius 3 is 2.45 bits per heavy atom. The normalized spacial score (nSPS) is 14.8. The minimum atomic E-state index is -0.488. The molecule has 1 aliphatic heterocycles. The Morgan fingerprint density at radius 1 is 1.03 bits per heavy atom. The van der Waals surface area contributed by atoms with E-state index in [9.17, 15) is 9.59 Å². The van der Waals surface area contributed by atoms with E-state index in [-0.39, 0.29) is 18.2 Å². The van der Waals surface area contributed by atoms with Crippen LogP contribution in [0.4, 0.5) is 0 Å². The summed E-state index contributed by atoms with van der Waals surface area (Å²) in [5, 5.41) is 9.50. The first kappa shape index (κ1) is 23.5. The van der Waals surface area contributed by atoms with Crippen molar-refractivity contribution in [2.75, 3.05) is 13.2 Å². The number of nitrogens with zero attached hydrogens (tertiary/aromatic N) is 6. The Kier molecular flexibility index (Phi) is 5.88. The number of hydrogen-bond donors (Lipinski definition) is 0. The van der Waals surface area contributed by atoms with Crippen LogP contribution in [0.3, 0.4) is 0 Å². The zero-order valence-electron chi connectivity index (χ0n) is 20.9. The standard InChI is InChI=1S/C29H24N6O3/c1-3-38-28(36)22-18(2)31-26-24(23(22)19-11-6-4-7-12-19)27-33-32-25(20-13-10-16-30-17-20)35(27)29(37)34(26)21-14-8-5-9-15-21/h4-16,20H,3,17H2,1-2H3. The number of hydrogen-bond acceptors (Lipinski definition) is 7. The highest BCUT2D eigenvalue weighted by atomic mass is 16.5. The number of para-hydroxylation sites is 1. The molecule has 0 saturated heterocycles. The number of carbonyl (C=O) groups excluding carboxylic acids is 1. The fraction of sp³-hybridized carbons (Fsp3) is 0.172. The predicted octanol–water partition coefficient (Wildman–Crippen LogP) is 4.30. The fourth-order valence-electron chi connectivity index (χ4n) is 4.94. The minimum Gasteiger partial charge on any atom is -0.462 e. The van der Waals surface area contributed by atoms with Crippen molar-refractivity contribution in [1.82, 2.24) is 24.1 Å². The molecule has 5 aromatic rings. The van der Waals surface area contributed by atoms with E-state index in [1.807, 2.05) is 72.8 Å². The quantitative estimate of drug-likeness (QED) is 0.331. The van der Waals surface area contributed by atoms with Gasteiger partial charge in [-0.15, -0.1) is 10.2 Å². The van der Waals surface area contributed by atoms with E-state index in [1.54, 1.807) is 24.6 Å². The molecule has 0 radical (unpaired) electrons. The third kappa shape index (κ3) is 3.71. The number of aromatic nitrogens is 5. The molecule has 0 bridgehead atoms. The average molecular weight is 505 g/mol. The van der Waals surface area contributed by atoms with Gasteiger partial charge in [0.05, 0.1) is 41.4 Å². The van der Waals surface area contributed by atoms with Gasteiger partial charge in [0.2, 0.25) is 0 Å². The molecule has 188 valence electrons. The lowest BCUT2D eigenvalue weighted by Crippen LogP contribution is -2.29. The first-order valence-electron chi connectivity index (χ1n) is 12.4. The highest BCUT2D eigenvalue weighted by molar-refractivity contribution is 6.11. The summed E-state index contributed by atoms with van der Waals surface area (Å²) in [4.78, 5) is 36.7. The molecule has 1 aliphatic rings. The van der Waals surface area contributed by atoms with Gasteiger partial charge in [-0.05, 0) is 37.6 Å². The summed E-state index contributed by atoms with van der Waals surface area (Å²) in [7, 11) is 0. The molecule has 0 aliphatic carbocycles. The molecule has 9 heteroatoms. The summed E-state index contributed by atoms with van der Waals surface area (Å²) >= 11 is 0. The second kappa shape index (κ2) is 9.51. The van der Waals surface area contributed by atoms with Gasteiger partial charge in [-0.3, -0.25) is 4.99 Å². The molecule has 1 unspecified atom stereocenters. The Morgan fingerprint density at radius 2 is 1.76 bits per heavy atom. The highest BCUT2D eigenvalue weighted by Crippen LogP contribution is 2.36. The summed E-state index contributed by atoms with van der Waals surface area (Å²) in [5.41, 5.74) is 3.15. The third-order valence-electron chi connectivity index (χ3n) is 6.59. The lowest BCUT2D eigenvalue weighted by molar-refractivity contribution is 0.0526. The lowest BCUT2D eigenvalue weighted by atomic mass is 9.95. The van der Waals surface area contributed by atoms with Crippen molar-refractivity contribution in [2.45, 2.75) is 19.8 Å². The minimum absolute atomic E-state index is 0.215. The molecule has 38 heavy (non-hydrogen) atoms. The number of aliphatic imine (C=N–C) groups is 1. The van der Waals surface area contributed by atoms with Gasteiger partial charge in [0.25, 0.3) is 0 Å². The van der Waals surface area contributed by atoms with Crippen LogP contribution in [0.5, 0.6) is 0 Å². The number of ether oxygens (including phenoxy) is 1. The van der Waals surface area contributed by atoms with E-state index in [4.69, 9.17) is 9.72 Å². The van der Waals surface area contributed by atoms with Crippen molar-refractivity contribution >= 4 is 28.9 Å². The number of fused-ring (bicyclic) bond motifs is 3. The predicted molar refractivity (Wildman–Crippen MR) is 145 cm³/mol. The molecule has 0 saturated carbocycles. The van der Waals surface area contributed by atoms with Crippen molar-refractivity contribution in [2.24, 2.45) is 4.99 Å². The first-order chi connectivity index (χ1) is 18.6. The van der Waals surface area contributed by atoms with E-state index >= 15 is 0 Å². The van der Waals surface area contributed by atoms with E-state index in [0.29, 0.717) is 51.6 Å². The van der Waals surface area contributed by atoms with Crippen LogP contribution in [0.15, 0.2) is 82.6 Å². The largest absolute Gasteiger partial charge is 0.462 e. The molecule has 0 spiro atoms. The zero-order valence-corrected chi connectivity index (χ0v) is 20.9. The Bertz CT molecular complexity index is 1800. The monoisotopic (exact) mass is 504 g/mol. The summed E-state index contributed by atoms with van der Waals surface area (Å²) < 4.78 is 8.53. The van der Waals surface area contributed by atoms with Crippen LogP contribution < -0.4 is 5.69 Å². The molecular weight excluding hydrogens is 480 g/mol. The van der Waals surface area contributed by atoms with Crippen LogP contribution in [0, 0.1) is 6.92 Å². The van der Waals surface area contributed by atoms with Crippen LogP contribution in [0.2, 0.25) is 0 Å². The van der Waals surface area contributed by atoms with Gasteiger partial charge in [-0.1, -0.05) is 54.6 Å². The number of carbonyl (C=O) groups is 1. The summed E-state index contributed by atoms with van der Waals surface area (Å²) in [6, 6.07) is 18.8. The number of esters is 1. The van der Waals surface area contributed by atoms with Gasteiger partial charge in [0, 0.05) is 11.8 Å². The van der Waals surface area contributed by atoms with Crippen molar-refractivity contribution < 1.29 is 9.53 Å². The highest BCUT2D eigenvalue weighted by Gasteiger charge is 2.29. The van der Waals surface area contributed by atoms with Crippen molar-refractivity contribution in [3.63, 3.8) is 0 Å². The first-order valence-corrected chi connectivity index (χ1v) is 12.4. The molecular formula is C29H24N6O3. The summed E-state index contributed by atoms with van der Waals surface area (Å²) in [6.45, 7) is 4.18. The van der Waals surface area contributed by atoms with E-state index in [2.05, 4.69) is 15.2 Å². The van der Waals surface area contributed by atoms with Gasteiger partial charge < -0.3 is 4.74 Å². The Balaban J connectivity index is 1.84. The van der Waals surface area contributed by atoms with Crippen molar-refractivity contribution in [3.8, 4) is 16.8 Å². The number of allylic oxidation sites excluding steroid dienone is 1. The van der Waals surface area contributed by atoms with Gasteiger partial charge in [-0.2, -0.15) is 0 Å². The average Bonchev–Trinajstić information content (AvgIpc) is 3.40. The van der Waals surface area contributed by atoms with Gasteiger partial charge in [0.1, 0.15) is 0 Å². The third-order valence-corrected chi connectivity index (χ3v) is 6.59. The topological polar surface area (TPSA) is 104 Å². The SMILES string of the molecule is CCOC(=O)c1c(C)nc2c(c1-c1ccccc1)c1nnc(C3C=CC=NC3)n1c(=O)n2-c1ccccc1. The molecule has 0 amide bonds. The number of dihydropyridines is 1. The van der Waals surface area contributed by atoms with Crippen LogP contribution >= 0.6 is 0 Å². The molecule has 3 aromatic heterocycles. The Labute approximate surface area is 217 Å². The van der Waals surface area contributed by atoms with E-state index in [1.165, 1.54) is 4.40 Å². The maximum absolute atomic E-state index is 14.2. The molecule has 6 rings (SSSR count). The van der Waals surface area contributed by atoms with Crippen LogP contribution in [0.1, 0.15) is 34.7 Å². The Hall–Kier alpha value is -4.92. The van der Waals surface area contributed by atoms with E-state index < -0.39 is 5.97 Å². The van der Waals surface area contributed by atoms with Crippen LogP contribution in [-0.4, -0.2) is 49.5 Å². The second-order valence-corrected chi connectivity index (χ2v) is 8.91. The van der Waals surface area contributed by atoms with Crippen molar-refractivity contribution in [1.29, 1.82) is 0 Å². The number of aryl methyl sites for hydroxylation is 1. The zero-order chi connectivity index (χ0) is 26.2. The fourth-order valence-corrected chi connectivity index (χ4v) is 4.94. The molecule has 2 aromatic carbocycles. The maximum Gasteiger partial charge on any atom is 0.341 e. The van der Waals surface area contributed by atoms with E-state index in [0.717, 1.165) is 5.56 Å². The smallest absolute Gasteiger partial charge is 0.341 e. The van der Waals surface area contributed by atoms with Gasteiger partial charge in [-0.25, -0.2) is 23.5 Å². The lowest BCUT2D eigenvalue weighted by Gasteiger charge is -2.19. The number of pyridine rings is 1. The maximum atomic E-state index is 14.2.